The summed E-state index contributed by atoms with van der Waals surface area (Å²) in [6.45, 7) is 0.679. The Balaban J connectivity index is 0.00000144. The molecule has 0 aliphatic rings. The van der Waals surface area contributed by atoms with Gasteiger partial charge in [-0.25, -0.2) is 0 Å². The minimum absolute atomic E-state index is 0. The van der Waals surface area contributed by atoms with Crippen LogP contribution in [0, 0.1) is 0 Å². The van der Waals surface area contributed by atoms with Crippen LogP contribution in [0.4, 0.5) is 0 Å². The predicted molar refractivity (Wildman–Crippen MR) is 73.0 cm³/mol. The average molecular weight is 250 g/mol. The molecule has 3 heteroatoms. The van der Waals surface area contributed by atoms with Crippen molar-refractivity contribution < 1.29 is 4.74 Å². The van der Waals surface area contributed by atoms with Crippen molar-refractivity contribution >= 4 is 12.4 Å². The molecule has 0 amide bonds. The summed E-state index contributed by atoms with van der Waals surface area (Å²) in [7, 11) is 0. The van der Waals surface area contributed by atoms with Gasteiger partial charge in [0.1, 0.15) is 11.5 Å². The molecule has 17 heavy (non-hydrogen) atoms. The third kappa shape index (κ3) is 4.10. The summed E-state index contributed by atoms with van der Waals surface area (Å²) >= 11 is 0. The Morgan fingerprint density at radius 1 is 0.824 bits per heavy atom. The molecule has 0 bridgehead atoms. The number of nitrogens with two attached hydrogens (primary N) is 1. The van der Waals surface area contributed by atoms with Gasteiger partial charge in [0, 0.05) is 0 Å². The number of rotatable bonds is 4. The van der Waals surface area contributed by atoms with E-state index in [0.717, 1.165) is 17.9 Å². The number of hydrogen-bond acceptors (Lipinski definition) is 2. The first-order valence-electron chi connectivity index (χ1n) is 5.40. The summed E-state index contributed by atoms with van der Waals surface area (Å²) in [5, 5.41) is 0. The maximum absolute atomic E-state index is 5.68. The van der Waals surface area contributed by atoms with Crippen molar-refractivity contribution in [3.8, 4) is 11.5 Å². The summed E-state index contributed by atoms with van der Waals surface area (Å²) in [5.41, 5.74) is 6.73. The number of hydrogen-bond donors (Lipinski definition) is 1. The lowest BCUT2D eigenvalue weighted by molar-refractivity contribution is 0.482. The van der Waals surface area contributed by atoms with Gasteiger partial charge in [-0.05, 0) is 42.8 Å². The zero-order valence-electron chi connectivity index (χ0n) is 9.50. The van der Waals surface area contributed by atoms with Crippen LogP contribution in [0.3, 0.4) is 0 Å². The fourth-order valence-corrected chi connectivity index (χ4v) is 1.52. The van der Waals surface area contributed by atoms with E-state index in [1.165, 1.54) is 5.56 Å². The Morgan fingerprint density at radius 2 is 1.41 bits per heavy atom. The van der Waals surface area contributed by atoms with E-state index >= 15 is 0 Å². The Morgan fingerprint density at radius 3 is 2.00 bits per heavy atom. The maximum Gasteiger partial charge on any atom is 0.127 e. The van der Waals surface area contributed by atoms with Crippen LogP contribution in [0.2, 0.25) is 0 Å². The van der Waals surface area contributed by atoms with E-state index in [9.17, 15) is 0 Å². The lowest BCUT2D eigenvalue weighted by Gasteiger charge is -2.06. The van der Waals surface area contributed by atoms with Crippen molar-refractivity contribution in [2.75, 3.05) is 6.54 Å². The molecule has 0 aromatic heterocycles. The average Bonchev–Trinajstić information content (AvgIpc) is 2.33. The molecule has 0 radical (unpaired) electrons. The maximum atomic E-state index is 5.68. The fraction of sp³-hybridized carbons (Fsp3) is 0.143. The predicted octanol–water partition coefficient (Wildman–Crippen LogP) is 3.40. The second-order valence-electron chi connectivity index (χ2n) is 3.60. The first-order valence-corrected chi connectivity index (χ1v) is 5.40. The highest BCUT2D eigenvalue weighted by atomic mass is 35.5. The second kappa shape index (κ2) is 6.94. The lowest BCUT2D eigenvalue weighted by atomic mass is 10.1. The molecule has 0 aliphatic carbocycles. The fourth-order valence-electron chi connectivity index (χ4n) is 1.52. The molecule has 2 nitrogen and oxygen atoms in total. The van der Waals surface area contributed by atoms with Crippen LogP contribution < -0.4 is 10.5 Å². The Hall–Kier alpha value is -1.51. The van der Waals surface area contributed by atoms with Crippen molar-refractivity contribution in [1.29, 1.82) is 0 Å². The molecule has 90 valence electrons. The Kier molecular flexibility index (Phi) is 5.53. The van der Waals surface area contributed by atoms with Gasteiger partial charge >= 0.3 is 0 Å². The summed E-state index contributed by atoms with van der Waals surface area (Å²) in [6.07, 6.45) is 0.908. The number of benzene rings is 2. The van der Waals surface area contributed by atoms with Gasteiger partial charge in [0.2, 0.25) is 0 Å². The SMILES string of the molecule is Cl.NCCc1ccc(Oc2ccccc2)cc1. The third-order valence-electron chi connectivity index (χ3n) is 2.34. The van der Waals surface area contributed by atoms with Gasteiger partial charge in [-0.3, -0.25) is 0 Å². The van der Waals surface area contributed by atoms with Gasteiger partial charge in [-0.1, -0.05) is 30.3 Å². The summed E-state index contributed by atoms with van der Waals surface area (Å²) in [4.78, 5) is 0. The van der Waals surface area contributed by atoms with E-state index in [1.54, 1.807) is 0 Å². The zero-order chi connectivity index (χ0) is 11.2. The van der Waals surface area contributed by atoms with Gasteiger partial charge in [0.25, 0.3) is 0 Å². The van der Waals surface area contributed by atoms with Crippen LogP contribution >= 0.6 is 12.4 Å². The Labute approximate surface area is 108 Å². The van der Waals surface area contributed by atoms with Crippen molar-refractivity contribution in [3.63, 3.8) is 0 Å². The van der Waals surface area contributed by atoms with Gasteiger partial charge in [0.05, 0.1) is 0 Å². The van der Waals surface area contributed by atoms with Crippen LogP contribution in [0.1, 0.15) is 5.56 Å². The summed E-state index contributed by atoms with van der Waals surface area (Å²) < 4.78 is 5.68. The zero-order valence-corrected chi connectivity index (χ0v) is 10.3. The molecule has 0 saturated carbocycles. The van der Waals surface area contributed by atoms with Crippen molar-refractivity contribution in [2.45, 2.75) is 6.42 Å². The Bertz CT molecular complexity index is 428. The standard InChI is InChI=1S/C14H15NO.ClH/c15-11-10-12-6-8-14(9-7-12)16-13-4-2-1-3-5-13;/h1-9H,10-11,15H2;1H. The van der Waals surface area contributed by atoms with Gasteiger partial charge < -0.3 is 10.5 Å². The molecule has 0 spiro atoms. The van der Waals surface area contributed by atoms with Crippen LogP contribution in [-0.4, -0.2) is 6.54 Å². The van der Waals surface area contributed by atoms with E-state index in [1.807, 2.05) is 54.6 Å². The number of ether oxygens (including phenoxy) is 1. The quantitative estimate of drug-likeness (QED) is 0.901. The topological polar surface area (TPSA) is 35.2 Å². The molecule has 2 rings (SSSR count). The van der Waals surface area contributed by atoms with Crippen LogP contribution in [0.5, 0.6) is 11.5 Å². The second-order valence-corrected chi connectivity index (χ2v) is 3.60. The summed E-state index contributed by atoms with van der Waals surface area (Å²) in [5.74, 6) is 1.71. The molecule has 2 aromatic rings. The smallest absolute Gasteiger partial charge is 0.127 e. The van der Waals surface area contributed by atoms with E-state index < -0.39 is 0 Å². The number of para-hydroxylation sites is 1. The number of halogens is 1. The van der Waals surface area contributed by atoms with Gasteiger partial charge in [0.15, 0.2) is 0 Å². The van der Waals surface area contributed by atoms with E-state index in [-0.39, 0.29) is 12.4 Å². The van der Waals surface area contributed by atoms with Gasteiger partial charge in [-0.15, -0.1) is 12.4 Å². The normalized spacial score (nSPS) is 9.47. The monoisotopic (exact) mass is 249 g/mol. The minimum atomic E-state index is 0. The van der Waals surface area contributed by atoms with Crippen molar-refractivity contribution in [1.82, 2.24) is 0 Å². The van der Waals surface area contributed by atoms with Crippen molar-refractivity contribution in [3.05, 3.63) is 60.2 Å². The highest BCUT2D eigenvalue weighted by Crippen LogP contribution is 2.20. The highest BCUT2D eigenvalue weighted by molar-refractivity contribution is 5.85. The molecule has 2 N–H and O–H groups in total. The largest absolute Gasteiger partial charge is 0.457 e. The van der Waals surface area contributed by atoms with E-state index in [0.29, 0.717) is 6.54 Å². The molecule has 0 atom stereocenters. The third-order valence-corrected chi connectivity index (χ3v) is 2.34. The van der Waals surface area contributed by atoms with Gasteiger partial charge in [-0.2, -0.15) is 0 Å². The molecule has 0 fully saturated rings. The first-order chi connectivity index (χ1) is 7.88. The van der Waals surface area contributed by atoms with E-state index in [2.05, 4.69) is 0 Å². The molecule has 0 saturated heterocycles. The summed E-state index contributed by atoms with van der Waals surface area (Å²) in [6, 6.07) is 17.8. The highest BCUT2D eigenvalue weighted by Gasteiger charge is 1.96. The minimum Gasteiger partial charge on any atom is -0.457 e. The first kappa shape index (κ1) is 13.6. The van der Waals surface area contributed by atoms with Crippen LogP contribution in [0.25, 0.3) is 0 Å². The molecule has 0 heterocycles. The van der Waals surface area contributed by atoms with Crippen LogP contribution in [-0.2, 0) is 6.42 Å². The van der Waals surface area contributed by atoms with Crippen molar-refractivity contribution in [2.24, 2.45) is 5.73 Å². The van der Waals surface area contributed by atoms with Crippen LogP contribution in [0.15, 0.2) is 54.6 Å². The molecular weight excluding hydrogens is 234 g/mol. The molecular formula is C14H16ClNO. The molecule has 0 aliphatic heterocycles. The molecule has 0 unspecified atom stereocenters. The lowest BCUT2D eigenvalue weighted by Crippen LogP contribution is -2.02. The molecule has 2 aromatic carbocycles. The van der Waals surface area contributed by atoms with E-state index in [4.69, 9.17) is 10.5 Å².